The van der Waals surface area contributed by atoms with Gasteiger partial charge < -0.3 is 4.74 Å². The van der Waals surface area contributed by atoms with E-state index in [4.69, 9.17) is 27.9 Å². The van der Waals surface area contributed by atoms with Gasteiger partial charge in [-0.15, -0.1) is 0 Å². The fraction of sp³-hybridized carbons (Fsp3) is 0.222. The first kappa shape index (κ1) is 16.8. The van der Waals surface area contributed by atoms with Gasteiger partial charge in [0.15, 0.2) is 0 Å². The van der Waals surface area contributed by atoms with Gasteiger partial charge in [0.05, 0.1) is 5.02 Å². The third kappa shape index (κ3) is 3.24. The maximum atomic E-state index is 12.0. The van der Waals surface area contributed by atoms with Crippen LogP contribution in [-0.4, -0.2) is 16.4 Å². The lowest BCUT2D eigenvalue weighted by Gasteiger charge is -2.16. The molecule has 0 aromatic heterocycles. The minimum atomic E-state index is -0.341. The summed E-state index contributed by atoms with van der Waals surface area (Å²) in [4.78, 5) is 23.4. The van der Waals surface area contributed by atoms with E-state index < -0.39 is 0 Å². The molecule has 2 atom stereocenters. The molecule has 1 saturated heterocycles. The fourth-order valence-corrected chi connectivity index (χ4v) is 4.77. The molecule has 1 fully saturated rings. The number of halogens is 2. The van der Waals surface area contributed by atoms with Crippen molar-refractivity contribution in [3.05, 3.63) is 57.6 Å². The van der Waals surface area contributed by atoms with Crippen LogP contribution >= 0.6 is 35.0 Å². The molecule has 128 valence electrons. The average molecular weight is 394 g/mol. The van der Waals surface area contributed by atoms with Crippen LogP contribution in [0.15, 0.2) is 36.4 Å². The minimum absolute atomic E-state index is 0.0552. The maximum absolute atomic E-state index is 12.0. The molecule has 1 N–H and O–H groups in total. The molecule has 1 aliphatic carbocycles. The van der Waals surface area contributed by atoms with E-state index in [1.54, 1.807) is 18.2 Å². The molecule has 2 amide bonds. The van der Waals surface area contributed by atoms with Crippen LogP contribution in [0.3, 0.4) is 0 Å². The van der Waals surface area contributed by atoms with Gasteiger partial charge in [-0.25, -0.2) is 0 Å². The van der Waals surface area contributed by atoms with Gasteiger partial charge in [0.1, 0.15) is 16.7 Å². The first-order chi connectivity index (χ1) is 12.0. The lowest BCUT2D eigenvalue weighted by Crippen LogP contribution is -2.27. The summed E-state index contributed by atoms with van der Waals surface area (Å²) < 4.78 is 5.86. The Bertz CT molecular complexity index is 887. The number of hydrogen-bond donors (Lipinski definition) is 1. The molecule has 1 heterocycles. The van der Waals surface area contributed by atoms with Gasteiger partial charge in [-0.05, 0) is 54.3 Å². The molecule has 4 nitrogen and oxygen atoms in total. The fourth-order valence-electron chi connectivity index (χ4n) is 3.32. The maximum Gasteiger partial charge on any atom is 0.286 e. The lowest BCUT2D eigenvalue weighted by atomic mass is 9.97. The number of rotatable bonds is 3. The second-order valence-electron chi connectivity index (χ2n) is 6.00. The molecular weight excluding hydrogens is 381 g/mol. The van der Waals surface area contributed by atoms with Crippen LogP contribution in [-0.2, 0) is 11.2 Å². The first-order valence-electron chi connectivity index (χ1n) is 7.78. The summed E-state index contributed by atoms with van der Waals surface area (Å²) in [7, 11) is 0. The zero-order chi connectivity index (χ0) is 17.6. The molecule has 0 bridgehead atoms. The van der Waals surface area contributed by atoms with E-state index in [1.807, 2.05) is 18.2 Å². The predicted octanol–water partition coefficient (Wildman–Crippen LogP) is 5.17. The SMILES string of the molecule is O=C1NC(=O)C(C2CCc3cc(Oc4ccc(Cl)cc4Cl)ccc32)S1. The monoisotopic (exact) mass is 393 g/mol. The molecule has 7 heteroatoms. The van der Waals surface area contributed by atoms with Crippen molar-refractivity contribution in [3.63, 3.8) is 0 Å². The Morgan fingerprint density at radius 2 is 1.96 bits per heavy atom. The zero-order valence-electron chi connectivity index (χ0n) is 12.9. The molecule has 25 heavy (non-hydrogen) atoms. The smallest absolute Gasteiger partial charge is 0.286 e. The largest absolute Gasteiger partial charge is 0.456 e. The van der Waals surface area contributed by atoms with Crippen molar-refractivity contribution in [3.8, 4) is 11.5 Å². The van der Waals surface area contributed by atoms with Crippen molar-refractivity contribution >= 4 is 46.1 Å². The second-order valence-corrected chi connectivity index (χ2v) is 7.96. The number of ether oxygens (including phenoxy) is 1. The van der Waals surface area contributed by atoms with Crippen molar-refractivity contribution in [1.29, 1.82) is 0 Å². The molecule has 1 aliphatic heterocycles. The number of benzene rings is 2. The summed E-state index contributed by atoms with van der Waals surface area (Å²) in [6.45, 7) is 0. The van der Waals surface area contributed by atoms with Crippen LogP contribution in [0.2, 0.25) is 10.0 Å². The molecule has 2 aliphatic rings. The van der Waals surface area contributed by atoms with E-state index in [-0.39, 0.29) is 22.3 Å². The molecule has 4 rings (SSSR count). The molecule has 0 saturated carbocycles. The van der Waals surface area contributed by atoms with E-state index >= 15 is 0 Å². The Kier molecular flexibility index (Phi) is 4.40. The number of carbonyl (C=O) groups is 2. The Morgan fingerprint density at radius 1 is 1.12 bits per heavy atom. The van der Waals surface area contributed by atoms with Crippen LogP contribution in [0, 0.1) is 0 Å². The highest BCUT2D eigenvalue weighted by Gasteiger charge is 2.41. The topological polar surface area (TPSA) is 55.4 Å². The van der Waals surface area contributed by atoms with Gasteiger partial charge in [0.25, 0.3) is 5.24 Å². The summed E-state index contributed by atoms with van der Waals surface area (Å²) in [6.07, 6.45) is 1.70. The molecule has 2 aromatic rings. The van der Waals surface area contributed by atoms with Gasteiger partial charge in [0, 0.05) is 10.9 Å². The minimum Gasteiger partial charge on any atom is -0.456 e. The van der Waals surface area contributed by atoms with E-state index in [2.05, 4.69) is 5.32 Å². The number of fused-ring (bicyclic) bond motifs is 1. The number of aryl methyl sites for hydroxylation is 1. The molecule has 2 unspecified atom stereocenters. The molecule has 2 aromatic carbocycles. The Morgan fingerprint density at radius 3 is 2.68 bits per heavy atom. The van der Waals surface area contributed by atoms with Crippen molar-refractivity contribution in [1.82, 2.24) is 5.32 Å². The van der Waals surface area contributed by atoms with Crippen LogP contribution in [0.25, 0.3) is 0 Å². The molecule has 0 spiro atoms. The highest BCUT2D eigenvalue weighted by molar-refractivity contribution is 8.15. The van der Waals surface area contributed by atoms with Crippen molar-refractivity contribution in [2.45, 2.75) is 24.0 Å². The third-order valence-corrected chi connectivity index (χ3v) is 6.09. The van der Waals surface area contributed by atoms with Gasteiger partial charge >= 0.3 is 0 Å². The summed E-state index contributed by atoms with van der Waals surface area (Å²) in [5, 5.41) is 2.76. The number of amides is 2. The number of imide groups is 1. The van der Waals surface area contributed by atoms with Gasteiger partial charge in [-0.1, -0.05) is 41.0 Å². The predicted molar refractivity (Wildman–Crippen MR) is 99.0 cm³/mol. The van der Waals surface area contributed by atoms with Gasteiger partial charge in [-0.2, -0.15) is 0 Å². The first-order valence-corrected chi connectivity index (χ1v) is 9.42. The zero-order valence-corrected chi connectivity index (χ0v) is 15.3. The van der Waals surface area contributed by atoms with Gasteiger partial charge in [0.2, 0.25) is 5.91 Å². The van der Waals surface area contributed by atoms with Crippen LogP contribution < -0.4 is 10.1 Å². The van der Waals surface area contributed by atoms with E-state index in [0.29, 0.717) is 21.5 Å². The molecular formula is C18H13Cl2NO3S. The summed E-state index contributed by atoms with van der Waals surface area (Å²) in [6, 6.07) is 10.9. The van der Waals surface area contributed by atoms with E-state index in [1.165, 1.54) is 0 Å². The summed E-state index contributed by atoms with van der Waals surface area (Å²) >= 11 is 13.1. The van der Waals surface area contributed by atoms with Crippen LogP contribution in [0.4, 0.5) is 4.79 Å². The van der Waals surface area contributed by atoms with E-state index in [9.17, 15) is 9.59 Å². The number of carbonyl (C=O) groups excluding carboxylic acids is 2. The van der Waals surface area contributed by atoms with Crippen molar-refractivity contribution in [2.24, 2.45) is 0 Å². The Balaban J connectivity index is 1.57. The van der Waals surface area contributed by atoms with Crippen molar-refractivity contribution in [2.75, 3.05) is 0 Å². The Labute approximate surface area is 158 Å². The van der Waals surface area contributed by atoms with Crippen LogP contribution in [0.1, 0.15) is 23.5 Å². The van der Waals surface area contributed by atoms with Gasteiger partial charge in [-0.3, -0.25) is 14.9 Å². The average Bonchev–Trinajstić information content (AvgIpc) is 3.12. The highest BCUT2D eigenvalue weighted by Crippen LogP contribution is 2.43. The number of thioether (sulfide) groups is 1. The number of hydrogen-bond acceptors (Lipinski definition) is 4. The number of nitrogens with one attached hydrogen (secondary N) is 1. The third-order valence-electron chi connectivity index (χ3n) is 4.44. The van der Waals surface area contributed by atoms with Crippen molar-refractivity contribution < 1.29 is 14.3 Å². The van der Waals surface area contributed by atoms with Crippen LogP contribution in [0.5, 0.6) is 11.5 Å². The highest BCUT2D eigenvalue weighted by atomic mass is 35.5. The Hall–Kier alpha value is -1.69. The second kappa shape index (κ2) is 6.56. The summed E-state index contributed by atoms with van der Waals surface area (Å²) in [5.74, 6) is 1.08. The molecule has 0 radical (unpaired) electrons. The quantitative estimate of drug-likeness (QED) is 0.781. The van der Waals surface area contributed by atoms with E-state index in [0.717, 1.165) is 35.7 Å². The summed E-state index contributed by atoms with van der Waals surface area (Å²) in [5.41, 5.74) is 2.25. The lowest BCUT2D eigenvalue weighted by molar-refractivity contribution is -0.119. The normalized spacial score (nSPS) is 22.0. The standard InChI is InChI=1S/C18H13Cl2NO3S/c19-10-2-6-15(14(20)8-10)24-11-3-5-12-9(7-11)1-4-13(12)16-17(22)21-18(23)25-16/h2-3,5-8,13,16H,1,4H2,(H,21,22,23).